The van der Waals surface area contributed by atoms with Gasteiger partial charge in [-0.05, 0) is 96.3 Å². The summed E-state index contributed by atoms with van der Waals surface area (Å²) in [5, 5.41) is 0. The molecule has 0 heterocycles. The zero-order chi connectivity index (χ0) is 47.6. The van der Waals surface area contributed by atoms with E-state index in [0.717, 1.165) is 103 Å². The maximum atomic E-state index is 12.8. The van der Waals surface area contributed by atoms with Gasteiger partial charge < -0.3 is 18.9 Å². The molecule has 0 spiro atoms. The van der Waals surface area contributed by atoms with E-state index in [4.69, 9.17) is 18.5 Å². The van der Waals surface area contributed by atoms with Gasteiger partial charge >= 0.3 is 13.8 Å². The molecule has 9 heteroatoms. The Morgan fingerprint density at radius 3 is 1.34 bits per heavy atom. The van der Waals surface area contributed by atoms with Crippen LogP contribution in [0.1, 0.15) is 194 Å². The van der Waals surface area contributed by atoms with Gasteiger partial charge in [-0.1, -0.05) is 188 Å². The maximum Gasteiger partial charge on any atom is 0.472 e. The van der Waals surface area contributed by atoms with Gasteiger partial charge in [0.15, 0.2) is 0 Å². The van der Waals surface area contributed by atoms with Gasteiger partial charge in [0.1, 0.15) is 19.3 Å². The summed E-state index contributed by atoms with van der Waals surface area (Å²) in [6.07, 6.45) is 66.0. The zero-order valence-corrected chi connectivity index (χ0v) is 43.3. The molecule has 0 aromatic carbocycles. The molecule has 0 aromatic heterocycles. The highest BCUT2D eigenvalue weighted by molar-refractivity contribution is 7.47. The van der Waals surface area contributed by atoms with Crippen molar-refractivity contribution in [2.24, 2.45) is 0 Å². The molecule has 0 aliphatic carbocycles. The van der Waals surface area contributed by atoms with Crippen LogP contribution in [-0.2, 0) is 27.9 Å². The number of hydrogen-bond donors (Lipinski definition) is 1. The minimum absolute atomic E-state index is 0.0760. The molecule has 0 radical (unpaired) electrons. The Morgan fingerprint density at radius 2 is 0.892 bits per heavy atom. The molecule has 65 heavy (non-hydrogen) atoms. The lowest BCUT2D eigenvalue weighted by molar-refractivity contribution is -0.870. The molecule has 0 amide bonds. The number of carbonyl (C=O) groups excluding carboxylic acids is 1. The van der Waals surface area contributed by atoms with E-state index < -0.39 is 13.9 Å². The van der Waals surface area contributed by atoms with Crippen molar-refractivity contribution in [3.63, 3.8) is 0 Å². The summed E-state index contributed by atoms with van der Waals surface area (Å²) in [6.45, 7) is 5.41. The van der Waals surface area contributed by atoms with Crippen molar-refractivity contribution in [3.8, 4) is 0 Å². The second-order valence-corrected chi connectivity index (χ2v) is 19.6. The Bertz CT molecular complexity index is 1360. The number of allylic oxidation sites excluding steroid dienone is 16. The highest BCUT2D eigenvalue weighted by atomic mass is 31.2. The zero-order valence-electron chi connectivity index (χ0n) is 42.4. The molecule has 2 unspecified atom stereocenters. The molecule has 0 aliphatic rings. The van der Waals surface area contributed by atoms with Crippen LogP contribution in [0.25, 0.3) is 0 Å². The van der Waals surface area contributed by atoms with Crippen LogP contribution in [0.2, 0.25) is 0 Å². The number of ether oxygens (including phenoxy) is 2. The third-order valence-corrected chi connectivity index (χ3v) is 11.6. The quantitative estimate of drug-likeness (QED) is 0.0214. The van der Waals surface area contributed by atoms with Crippen LogP contribution in [-0.4, -0.2) is 75.6 Å². The number of esters is 1. The molecule has 1 N–H and O–H groups in total. The van der Waals surface area contributed by atoms with E-state index in [2.05, 4.69) is 111 Å². The molecule has 0 saturated carbocycles. The number of hydrogen-bond acceptors (Lipinski definition) is 6. The Morgan fingerprint density at radius 1 is 0.492 bits per heavy atom. The number of phosphoric acid groups is 1. The van der Waals surface area contributed by atoms with Crippen molar-refractivity contribution in [1.82, 2.24) is 0 Å². The molecule has 0 bridgehead atoms. The van der Waals surface area contributed by atoms with Crippen LogP contribution >= 0.6 is 7.82 Å². The van der Waals surface area contributed by atoms with Crippen LogP contribution in [0.3, 0.4) is 0 Å². The van der Waals surface area contributed by atoms with Crippen molar-refractivity contribution in [1.29, 1.82) is 0 Å². The molecule has 0 fully saturated rings. The van der Waals surface area contributed by atoms with Crippen LogP contribution < -0.4 is 0 Å². The summed E-state index contributed by atoms with van der Waals surface area (Å²) in [5.74, 6) is -0.333. The van der Waals surface area contributed by atoms with Gasteiger partial charge in [-0.15, -0.1) is 0 Å². The fraction of sp³-hybridized carbons (Fsp3) is 0.696. The average Bonchev–Trinajstić information content (AvgIpc) is 3.27. The van der Waals surface area contributed by atoms with E-state index in [0.29, 0.717) is 24.1 Å². The van der Waals surface area contributed by atoms with Crippen LogP contribution in [0.15, 0.2) is 97.2 Å². The largest absolute Gasteiger partial charge is 0.472 e. The monoisotopic (exact) mass is 929 g/mol. The highest BCUT2D eigenvalue weighted by Crippen LogP contribution is 2.43. The van der Waals surface area contributed by atoms with Crippen LogP contribution in [0.5, 0.6) is 0 Å². The van der Waals surface area contributed by atoms with Crippen LogP contribution in [0.4, 0.5) is 0 Å². The first kappa shape index (κ1) is 62.4. The van der Waals surface area contributed by atoms with Gasteiger partial charge in [-0.2, -0.15) is 0 Å². The van der Waals surface area contributed by atoms with Crippen LogP contribution in [0, 0.1) is 0 Å². The third kappa shape index (κ3) is 52.3. The summed E-state index contributed by atoms with van der Waals surface area (Å²) in [7, 11) is 1.63. The smallest absolute Gasteiger partial charge is 0.457 e. The number of rotatable bonds is 47. The Labute approximate surface area is 400 Å². The summed E-state index contributed by atoms with van der Waals surface area (Å²) >= 11 is 0. The van der Waals surface area contributed by atoms with E-state index in [1.165, 1.54) is 70.6 Å². The minimum Gasteiger partial charge on any atom is -0.457 e. The number of unbranched alkanes of at least 4 members (excludes halogenated alkanes) is 17. The van der Waals surface area contributed by atoms with Crippen molar-refractivity contribution in [2.45, 2.75) is 200 Å². The van der Waals surface area contributed by atoms with Crippen molar-refractivity contribution < 1.29 is 37.3 Å². The Kier molecular flexibility index (Phi) is 46.0. The lowest BCUT2D eigenvalue weighted by atomic mass is 10.1. The lowest BCUT2D eigenvalue weighted by Crippen LogP contribution is -2.37. The number of nitrogens with zero attached hydrogens (tertiary/aromatic N) is 1. The normalized spacial score (nSPS) is 14.4. The molecule has 0 rings (SSSR count). The Hall–Kier alpha value is -2.58. The Balaban J connectivity index is 4.24. The second-order valence-electron chi connectivity index (χ2n) is 18.2. The van der Waals surface area contributed by atoms with Gasteiger partial charge in [0, 0.05) is 13.0 Å². The van der Waals surface area contributed by atoms with Gasteiger partial charge in [-0.25, -0.2) is 4.57 Å². The average molecular weight is 929 g/mol. The van der Waals surface area contributed by atoms with Gasteiger partial charge in [-0.3, -0.25) is 13.8 Å². The summed E-state index contributed by atoms with van der Waals surface area (Å²) in [6, 6.07) is 0. The van der Waals surface area contributed by atoms with Gasteiger partial charge in [0.2, 0.25) is 0 Å². The molecule has 0 saturated heterocycles. The number of quaternary nitrogens is 1. The van der Waals surface area contributed by atoms with E-state index in [9.17, 15) is 14.3 Å². The summed E-state index contributed by atoms with van der Waals surface area (Å²) in [5.41, 5.74) is 0. The van der Waals surface area contributed by atoms with Crippen molar-refractivity contribution >= 4 is 13.8 Å². The number of carbonyl (C=O) groups is 1. The SMILES string of the molecule is CC/C=C\C/C=C\C/C=C\C/C=C\C/C=C\CCCCCCOCC(COP(=O)(O)OCC[N+](C)(C)C)OC(=O)CCCCCCCCCC/C=C\C/C=C\C/C=C\CCCCCCC. The highest BCUT2D eigenvalue weighted by Gasteiger charge is 2.26. The second kappa shape index (κ2) is 47.9. The molecule has 8 nitrogen and oxygen atoms in total. The third-order valence-electron chi connectivity index (χ3n) is 10.6. The molecule has 2 atom stereocenters. The van der Waals surface area contributed by atoms with E-state index in [-0.39, 0.29) is 25.8 Å². The summed E-state index contributed by atoms with van der Waals surface area (Å²) < 4.78 is 35.1. The van der Waals surface area contributed by atoms with Gasteiger partial charge in [0.25, 0.3) is 0 Å². The van der Waals surface area contributed by atoms with Crippen molar-refractivity contribution in [3.05, 3.63) is 97.2 Å². The van der Waals surface area contributed by atoms with E-state index >= 15 is 0 Å². The fourth-order valence-corrected chi connectivity index (χ4v) is 7.39. The molecular formula is C56H99NO7P+. The van der Waals surface area contributed by atoms with E-state index in [1.54, 1.807) is 0 Å². The van der Waals surface area contributed by atoms with Gasteiger partial charge in [0.05, 0.1) is 34.4 Å². The molecule has 0 aliphatic heterocycles. The fourth-order valence-electron chi connectivity index (χ4n) is 6.64. The lowest BCUT2D eigenvalue weighted by Gasteiger charge is -2.24. The predicted octanol–water partition coefficient (Wildman–Crippen LogP) is 16.2. The standard InChI is InChI=1S/C56H98NO7P/c1-6-8-10-12-14-16-18-20-22-24-26-28-29-30-31-33-35-37-39-41-43-45-47-49-56(58)64-55(54-63-65(59,60)62-52-50-57(3,4)5)53-61-51-48-46-44-42-40-38-36-34-32-27-25-23-21-19-17-15-13-11-9-7-2/h9,11,15,17-18,20-21,23-24,26-27,29-30,32,36,38,55H,6-8,10,12-14,16,19,22,25,28,31,33-35,37,39-54H2,1-5H3/p+1/b11-9-,17-15-,20-18-,23-21-,26-24-,30-29-,32-27-,38-36-. The topological polar surface area (TPSA) is 91.3 Å². The predicted molar refractivity (Wildman–Crippen MR) is 279 cm³/mol. The molecule has 0 aromatic rings. The van der Waals surface area contributed by atoms with E-state index in [1.807, 2.05) is 21.1 Å². The molecule has 374 valence electrons. The maximum absolute atomic E-state index is 12.8. The first-order valence-corrected chi connectivity index (χ1v) is 27.5. The minimum atomic E-state index is -4.30. The number of phosphoric ester groups is 1. The summed E-state index contributed by atoms with van der Waals surface area (Å²) in [4.78, 5) is 23.0. The van der Waals surface area contributed by atoms with Crippen molar-refractivity contribution in [2.75, 3.05) is 54.1 Å². The first-order valence-electron chi connectivity index (χ1n) is 26.0. The number of likely N-dealkylation sites (N-methyl/N-ethyl adjacent to an activating group) is 1. The molecular weight excluding hydrogens is 830 g/mol. The first-order chi connectivity index (χ1) is 31.6.